The van der Waals surface area contributed by atoms with Gasteiger partial charge in [-0.05, 0) is 39.3 Å². The Balaban J connectivity index is 2.13. The van der Waals surface area contributed by atoms with E-state index in [0.717, 1.165) is 39.7 Å². The van der Waals surface area contributed by atoms with Crippen LogP contribution in [0.25, 0.3) is 0 Å². The van der Waals surface area contributed by atoms with Gasteiger partial charge in [0.15, 0.2) is 0 Å². The van der Waals surface area contributed by atoms with Crippen molar-refractivity contribution in [1.29, 1.82) is 0 Å². The Morgan fingerprint density at radius 2 is 2.09 bits per heavy atom. The number of rotatable bonds is 6. The molecule has 0 radical (unpaired) electrons. The molecule has 1 N–H and O–H groups in total. The van der Waals surface area contributed by atoms with Crippen LogP contribution < -0.4 is 5.32 Å². The predicted molar refractivity (Wildman–Crippen MR) is 89.2 cm³/mol. The van der Waals surface area contributed by atoms with Crippen LogP contribution in [0.5, 0.6) is 0 Å². The number of hydrogen-bond donors (Lipinski definition) is 1. The molecule has 0 fully saturated rings. The third kappa shape index (κ3) is 3.91. The van der Waals surface area contributed by atoms with Gasteiger partial charge in [0.2, 0.25) is 0 Å². The number of amides is 1. The van der Waals surface area contributed by atoms with Crippen molar-refractivity contribution < 1.29 is 9.32 Å². The maximum atomic E-state index is 12.4. The Morgan fingerprint density at radius 1 is 1.36 bits per heavy atom. The van der Waals surface area contributed by atoms with Crippen molar-refractivity contribution in [2.45, 2.75) is 50.8 Å². The van der Waals surface area contributed by atoms with Gasteiger partial charge in [0.05, 0.1) is 11.3 Å². The summed E-state index contributed by atoms with van der Waals surface area (Å²) in [5.41, 5.74) is 2.73. The molecule has 4 nitrogen and oxygen atoms in total. The fraction of sp³-hybridized carbons (Fsp3) is 0.412. The molecular weight excluding hydrogens is 296 g/mol. The summed E-state index contributed by atoms with van der Waals surface area (Å²) in [6.45, 7) is 7.92. The van der Waals surface area contributed by atoms with Crippen LogP contribution >= 0.6 is 11.8 Å². The molecule has 2 rings (SSSR count). The van der Waals surface area contributed by atoms with E-state index in [9.17, 15) is 4.79 Å². The SMILES string of the molecule is CCC(C)NC(=O)c1ccccc1SCc1c(C)noc1C. The van der Waals surface area contributed by atoms with Gasteiger partial charge in [0.1, 0.15) is 5.76 Å². The monoisotopic (exact) mass is 318 g/mol. The number of nitrogens with one attached hydrogen (secondary N) is 1. The molecule has 5 heteroatoms. The molecule has 0 saturated carbocycles. The molecule has 0 aliphatic heterocycles. The predicted octanol–water partition coefficient (Wildman–Crippen LogP) is 4.11. The van der Waals surface area contributed by atoms with Crippen LogP contribution in [-0.4, -0.2) is 17.1 Å². The van der Waals surface area contributed by atoms with Crippen LogP contribution in [0.2, 0.25) is 0 Å². The second-order valence-electron chi connectivity index (χ2n) is 5.37. The molecule has 1 unspecified atom stereocenters. The van der Waals surface area contributed by atoms with Gasteiger partial charge < -0.3 is 9.84 Å². The lowest BCUT2D eigenvalue weighted by molar-refractivity contribution is 0.0936. The molecule has 0 spiro atoms. The minimum atomic E-state index is -0.0174. The normalized spacial score (nSPS) is 12.2. The summed E-state index contributed by atoms with van der Waals surface area (Å²) in [4.78, 5) is 13.3. The average Bonchev–Trinajstić information content (AvgIpc) is 2.84. The number of aryl methyl sites for hydroxylation is 2. The average molecular weight is 318 g/mol. The van der Waals surface area contributed by atoms with Gasteiger partial charge in [-0.25, -0.2) is 0 Å². The van der Waals surface area contributed by atoms with Crippen molar-refractivity contribution in [3.63, 3.8) is 0 Å². The van der Waals surface area contributed by atoms with Crippen LogP contribution in [-0.2, 0) is 5.75 Å². The summed E-state index contributed by atoms with van der Waals surface area (Å²) < 4.78 is 5.19. The van der Waals surface area contributed by atoms with Gasteiger partial charge in [-0.1, -0.05) is 24.2 Å². The Kier molecular flexibility index (Phi) is 5.66. The van der Waals surface area contributed by atoms with Gasteiger partial charge in [-0.3, -0.25) is 4.79 Å². The number of aromatic nitrogens is 1. The van der Waals surface area contributed by atoms with Crippen LogP contribution in [0.1, 0.15) is 47.6 Å². The van der Waals surface area contributed by atoms with Gasteiger partial charge in [0, 0.05) is 22.3 Å². The Bertz CT molecular complexity index is 632. The largest absolute Gasteiger partial charge is 0.361 e. The van der Waals surface area contributed by atoms with Gasteiger partial charge in [-0.15, -0.1) is 11.8 Å². The molecule has 0 aliphatic carbocycles. The number of hydrogen-bond acceptors (Lipinski definition) is 4. The number of benzene rings is 1. The Labute approximate surface area is 135 Å². The molecule has 0 aliphatic rings. The first-order valence-corrected chi connectivity index (χ1v) is 8.46. The summed E-state index contributed by atoms with van der Waals surface area (Å²) in [7, 11) is 0. The molecule has 1 aromatic heterocycles. The van der Waals surface area contributed by atoms with Crippen molar-refractivity contribution in [3.05, 3.63) is 46.8 Å². The van der Waals surface area contributed by atoms with E-state index in [2.05, 4.69) is 17.4 Å². The third-order valence-electron chi connectivity index (χ3n) is 3.67. The van der Waals surface area contributed by atoms with Crippen LogP contribution in [0.15, 0.2) is 33.7 Å². The van der Waals surface area contributed by atoms with Crippen molar-refractivity contribution in [2.24, 2.45) is 0 Å². The summed E-state index contributed by atoms with van der Waals surface area (Å²) >= 11 is 1.64. The lowest BCUT2D eigenvalue weighted by atomic mass is 10.2. The first-order chi connectivity index (χ1) is 10.5. The first kappa shape index (κ1) is 16.6. The number of thioether (sulfide) groups is 1. The molecular formula is C17H22N2O2S. The number of carbonyl (C=O) groups excluding carboxylic acids is 1. The zero-order valence-electron chi connectivity index (χ0n) is 13.5. The molecule has 22 heavy (non-hydrogen) atoms. The van der Waals surface area contributed by atoms with Crippen molar-refractivity contribution >= 4 is 17.7 Å². The summed E-state index contributed by atoms with van der Waals surface area (Å²) in [5.74, 6) is 1.57. The molecule has 0 saturated heterocycles. The summed E-state index contributed by atoms with van der Waals surface area (Å²) in [6, 6.07) is 7.87. The highest BCUT2D eigenvalue weighted by Crippen LogP contribution is 2.28. The Hall–Kier alpha value is -1.75. The number of carbonyl (C=O) groups is 1. The van der Waals surface area contributed by atoms with Crippen molar-refractivity contribution in [1.82, 2.24) is 10.5 Å². The minimum Gasteiger partial charge on any atom is -0.361 e. The second-order valence-corrected chi connectivity index (χ2v) is 6.39. The standard InChI is InChI=1S/C17H22N2O2S/c1-5-11(2)18-17(20)14-8-6-7-9-16(14)22-10-15-12(3)19-21-13(15)4/h6-9,11H,5,10H2,1-4H3,(H,18,20). The summed E-state index contributed by atoms with van der Waals surface area (Å²) in [6.07, 6.45) is 0.917. The first-order valence-electron chi connectivity index (χ1n) is 7.47. The minimum absolute atomic E-state index is 0.0174. The maximum absolute atomic E-state index is 12.4. The highest BCUT2D eigenvalue weighted by atomic mass is 32.2. The third-order valence-corrected chi connectivity index (χ3v) is 4.77. The molecule has 1 atom stereocenters. The highest BCUT2D eigenvalue weighted by Gasteiger charge is 2.15. The lowest BCUT2D eigenvalue weighted by Crippen LogP contribution is -2.32. The maximum Gasteiger partial charge on any atom is 0.252 e. The van der Waals surface area contributed by atoms with E-state index in [4.69, 9.17) is 4.52 Å². The van der Waals surface area contributed by atoms with Crippen LogP contribution in [0.4, 0.5) is 0 Å². The lowest BCUT2D eigenvalue weighted by Gasteiger charge is -2.13. The Morgan fingerprint density at radius 3 is 2.73 bits per heavy atom. The van der Waals surface area contributed by atoms with E-state index in [-0.39, 0.29) is 11.9 Å². The molecule has 1 heterocycles. The van der Waals surface area contributed by atoms with E-state index in [1.165, 1.54) is 0 Å². The van der Waals surface area contributed by atoms with Crippen molar-refractivity contribution in [3.8, 4) is 0 Å². The van der Waals surface area contributed by atoms with Gasteiger partial charge in [-0.2, -0.15) is 0 Å². The van der Waals surface area contributed by atoms with Crippen LogP contribution in [0, 0.1) is 13.8 Å². The smallest absolute Gasteiger partial charge is 0.252 e. The fourth-order valence-corrected chi connectivity index (χ4v) is 3.24. The van der Waals surface area contributed by atoms with E-state index in [0.29, 0.717) is 0 Å². The quantitative estimate of drug-likeness (QED) is 0.814. The zero-order chi connectivity index (χ0) is 16.1. The molecule has 2 aromatic rings. The fourth-order valence-electron chi connectivity index (χ4n) is 2.04. The molecule has 118 valence electrons. The zero-order valence-corrected chi connectivity index (χ0v) is 14.3. The van der Waals surface area contributed by atoms with E-state index in [1.54, 1.807) is 11.8 Å². The van der Waals surface area contributed by atoms with E-state index in [1.807, 2.05) is 45.0 Å². The van der Waals surface area contributed by atoms with Crippen molar-refractivity contribution in [2.75, 3.05) is 0 Å². The molecule has 0 bridgehead atoms. The van der Waals surface area contributed by atoms with Crippen LogP contribution in [0.3, 0.4) is 0 Å². The van der Waals surface area contributed by atoms with Gasteiger partial charge >= 0.3 is 0 Å². The van der Waals surface area contributed by atoms with Gasteiger partial charge in [0.25, 0.3) is 5.91 Å². The summed E-state index contributed by atoms with van der Waals surface area (Å²) in [5, 5.41) is 6.99. The molecule has 1 amide bonds. The highest BCUT2D eigenvalue weighted by molar-refractivity contribution is 7.98. The van der Waals surface area contributed by atoms with E-state index < -0.39 is 0 Å². The molecule has 1 aromatic carbocycles. The second kappa shape index (κ2) is 7.49. The topological polar surface area (TPSA) is 55.1 Å². The number of nitrogens with zero attached hydrogens (tertiary/aromatic N) is 1. The van der Waals surface area contributed by atoms with E-state index >= 15 is 0 Å².